The topological polar surface area (TPSA) is 147 Å². The zero-order valence-electron chi connectivity index (χ0n) is 12.3. The number of hydroxylamine groups is 2. The Morgan fingerprint density at radius 3 is 2.00 bits per heavy atom. The summed E-state index contributed by atoms with van der Waals surface area (Å²) in [6, 6.07) is 7.94. The second-order valence-corrected chi connectivity index (χ2v) is 5.04. The smallest absolute Gasteiger partial charge is 0.281 e. The van der Waals surface area contributed by atoms with Gasteiger partial charge in [0.05, 0.1) is 6.42 Å². The van der Waals surface area contributed by atoms with E-state index in [1.165, 1.54) is 24.3 Å². The lowest BCUT2D eigenvalue weighted by Crippen LogP contribution is -2.54. The van der Waals surface area contributed by atoms with Crippen molar-refractivity contribution in [2.75, 3.05) is 0 Å². The molecule has 0 bridgehead atoms. The summed E-state index contributed by atoms with van der Waals surface area (Å²) < 4.78 is 0. The van der Waals surface area contributed by atoms with Gasteiger partial charge in [0.1, 0.15) is 0 Å². The molecule has 4 amide bonds. The lowest BCUT2D eigenvalue weighted by atomic mass is 9.89. The molecular weight excluding hydrogens is 318 g/mol. The van der Waals surface area contributed by atoms with Crippen LogP contribution in [0.15, 0.2) is 42.5 Å². The molecule has 1 unspecified atom stereocenters. The van der Waals surface area contributed by atoms with Crippen molar-refractivity contribution in [3.8, 4) is 0 Å². The number of benzene rings is 1. The molecule has 1 saturated heterocycles. The van der Waals surface area contributed by atoms with E-state index in [0.717, 1.165) is 0 Å². The third-order valence-electron chi connectivity index (χ3n) is 3.31. The number of carbonyl (C=O) groups excluding carboxylic acids is 5. The quantitative estimate of drug-likeness (QED) is 0.270. The Labute approximate surface area is 135 Å². The van der Waals surface area contributed by atoms with Crippen molar-refractivity contribution in [3.05, 3.63) is 48.0 Å². The zero-order valence-corrected chi connectivity index (χ0v) is 12.3. The number of carbonyl (C=O) groups is 5. The summed E-state index contributed by atoms with van der Waals surface area (Å²) in [5.41, 5.74) is 3.87. The van der Waals surface area contributed by atoms with Gasteiger partial charge >= 0.3 is 0 Å². The van der Waals surface area contributed by atoms with Crippen molar-refractivity contribution in [1.82, 2.24) is 10.4 Å². The molecule has 9 heteroatoms. The van der Waals surface area contributed by atoms with Crippen LogP contribution in [-0.4, -0.2) is 45.2 Å². The highest BCUT2D eigenvalue weighted by atomic mass is 16.5. The first-order valence-corrected chi connectivity index (χ1v) is 6.73. The van der Waals surface area contributed by atoms with Gasteiger partial charge in [-0.05, 0) is 0 Å². The highest BCUT2D eigenvalue weighted by molar-refractivity contribution is 6.25. The van der Waals surface area contributed by atoms with E-state index in [2.05, 4.69) is 0 Å². The van der Waals surface area contributed by atoms with Crippen LogP contribution in [0.2, 0.25) is 0 Å². The molecule has 1 fully saturated rings. The van der Waals surface area contributed by atoms with Crippen LogP contribution >= 0.6 is 0 Å². The average Bonchev–Trinajstić information content (AvgIpc) is 3.04. The lowest BCUT2D eigenvalue weighted by molar-refractivity contribution is -0.172. The Morgan fingerprint density at radius 1 is 1.08 bits per heavy atom. The number of nitrogens with one attached hydrogen (secondary N) is 1. The standard InChI is InChI=1S/C11H10N2O4.C4H3NO2/c12-11(6-8(14)13(17)10(11)16)9(15)7-4-2-1-3-5-7;6-3-1-2-4(7)5-3/h1-5,17H,6,12H2;1-2H,(H,5,6,7). The molecule has 4 N–H and O–H groups in total. The number of Topliss-reactive ketones (excluding diaryl/α,β-unsaturated/α-hetero) is 1. The monoisotopic (exact) mass is 331 g/mol. The first kappa shape index (κ1) is 17.2. The summed E-state index contributed by atoms with van der Waals surface area (Å²) >= 11 is 0. The summed E-state index contributed by atoms with van der Waals surface area (Å²) in [5, 5.41) is 11.0. The van der Waals surface area contributed by atoms with Gasteiger partial charge in [-0.15, -0.1) is 0 Å². The molecule has 1 aromatic rings. The molecule has 124 valence electrons. The van der Waals surface area contributed by atoms with Crippen LogP contribution in [0.3, 0.4) is 0 Å². The molecule has 2 aliphatic heterocycles. The van der Waals surface area contributed by atoms with Gasteiger partial charge in [0.25, 0.3) is 23.6 Å². The minimum atomic E-state index is -1.99. The average molecular weight is 331 g/mol. The fraction of sp³-hybridized carbons (Fsp3) is 0.133. The molecule has 0 aliphatic carbocycles. The van der Waals surface area contributed by atoms with Crippen LogP contribution in [0, 0.1) is 0 Å². The van der Waals surface area contributed by atoms with E-state index in [9.17, 15) is 24.0 Å². The van der Waals surface area contributed by atoms with Gasteiger partial charge in [0, 0.05) is 17.7 Å². The van der Waals surface area contributed by atoms with Crippen molar-refractivity contribution < 1.29 is 29.2 Å². The number of hydrogen-bond donors (Lipinski definition) is 3. The van der Waals surface area contributed by atoms with E-state index in [4.69, 9.17) is 10.9 Å². The van der Waals surface area contributed by atoms with E-state index in [1.807, 2.05) is 5.32 Å². The summed E-state index contributed by atoms with van der Waals surface area (Å²) in [6.07, 6.45) is 1.88. The number of ketones is 1. The minimum Gasteiger partial charge on any atom is -0.310 e. The van der Waals surface area contributed by atoms with E-state index in [-0.39, 0.29) is 22.4 Å². The fourth-order valence-electron chi connectivity index (χ4n) is 2.07. The maximum Gasteiger partial charge on any atom is 0.281 e. The molecule has 2 heterocycles. The van der Waals surface area contributed by atoms with E-state index >= 15 is 0 Å². The van der Waals surface area contributed by atoms with E-state index in [0.29, 0.717) is 0 Å². The molecule has 0 aromatic heterocycles. The first-order valence-electron chi connectivity index (χ1n) is 6.73. The second kappa shape index (κ2) is 6.52. The zero-order chi connectivity index (χ0) is 17.9. The molecule has 3 rings (SSSR count). The van der Waals surface area contributed by atoms with Crippen molar-refractivity contribution in [2.24, 2.45) is 5.73 Å². The molecule has 1 atom stereocenters. The fourth-order valence-corrected chi connectivity index (χ4v) is 2.07. The van der Waals surface area contributed by atoms with Gasteiger partial charge in [-0.3, -0.25) is 34.5 Å². The summed E-state index contributed by atoms with van der Waals surface area (Å²) in [7, 11) is 0. The van der Waals surface area contributed by atoms with Crippen LogP contribution in [0.1, 0.15) is 16.8 Å². The van der Waals surface area contributed by atoms with Gasteiger partial charge in [-0.1, -0.05) is 30.3 Å². The number of nitrogens with two attached hydrogens (primary N) is 1. The molecular formula is C15H13N3O6. The number of hydrogen-bond acceptors (Lipinski definition) is 7. The molecule has 0 radical (unpaired) electrons. The number of rotatable bonds is 2. The molecule has 24 heavy (non-hydrogen) atoms. The Hall–Kier alpha value is -3.17. The normalized spacial score (nSPS) is 22.3. The summed E-state index contributed by atoms with van der Waals surface area (Å²) in [4.78, 5) is 54.8. The van der Waals surface area contributed by atoms with Gasteiger partial charge in [0.2, 0.25) is 0 Å². The first-order chi connectivity index (χ1) is 11.3. The SMILES string of the molecule is NC1(C(=O)c2ccccc2)CC(=O)N(O)C1=O.O=C1C=CC(=O)N1. The van der Waals surface area contributed by atoms with Crippen molar-refractivity contribution >= 4 is 29.4 Å². The summed E-state index contributed by atoms with van der Waals surface area (Å²) in [5.74, 6) is -3.29. The molecule has 0 saturated carbocycles. The van der Waals surface area contributed by atoms with Gasteiger partial charge in [-0.25, -0.2) is 0 Å². The van der Waals surface area contributed by atoms with Gasteiger partial charge in [0.15, 0.2) is 11.3 Å². The minimum absolute atomic E-state index is 0.0964. The maximum atomic E-state index is 12.0. The molecule has 2 aliphatic rings. The van der Waals surface area contributed by atoms with Gasteiger partial charge in [-0.2, -0.15) is 5.06 Å². The van der Waals surface area contributed by atoms with E-state index in [1.54, 1.807) is 18.2 Å². The lowest BCUT2D eigenvalue weighted by Gasteiger charge is -2.18. The predicted octanol–water partition coefficient (Wildman–Crippen LogP) is -1.09. The third-order valence-corrected chi connectivity index (χ3v) is 3.31. The van der Waals surface area contributed by atoms with Crippen LogP contribution < -0.4 is 11.1 Å². The largest absolute Gasteiger partial charge is 0.310 e. The maximum absolute atomic E-state index is 12.0. The van der Waals surface area contributed by atoms with Crippen molar-refractivity contribution in [2.45, 2.75) is 12.0 Å². The number of nitrogens with zero attached hydrogens (tertiary/aromatic N) is 1. The number of amides is 4. The number of imide groups is 2. The van der Waals surface area contributed by atoms with Crippen LogP contribution in [-0.2, 0) is 19.2 Å². The Balaban J connectivity index is 0.000000249. The van der Waals surface area contributed by atoms with Crippen LogP contribution in [0.5, 0.6) is 0 Å². The van der Waals surface area contributed by atoms with Crippen LogP contribution in [0.4, 0.5) is 0 Å². The highest BCUT2D eigenvalue weighted by Crippen LogP contribution is 2.24. The van der Waals surface area contributed by atoms with Crippen molar-refractivity contribution in [3.63, 3.8) is 0 Å². The molecule has 9 nitrogen and oxygen atoms in total. The van der Waals surface area contributed by atoms with Crippen molar-refractivity contribution in [1.29, 1.82) is 0 Å². The highest BCUT2D eigenvalue weighted by Gasteiger charge is 2.54. The third kappa shape index (κ3) is 3.26. The Bertz CT molecular complexity index is 742. The van der Waals surface area contributed by atoms with Crippen LogP contribution in [0.25, 0.3) is 0 Å². The Morgan fingerprint density at radius 2 is 1.62 bits per heavy atom. The second-order valence-electron chi connectivity index (χ2n) is 5.04. The molecule has 1 aromatic carbocycles. The molecule has 0 spiro atoms. The predicted molar refractivity (Wildman–Crippen MR) is 78.2 cm³/mol. The Kier molecular flexibility index (Phi) is 4.67. The van der Waals surface area contributed by atoms with Gasteiger partial charge < -0.3 is 5.73 Å². The summed E-state index contributed by atoms with van der Waals surface area (Å²) in [6.45, 7) is 0. The van der Waals surface area contributed by atoms with E-state index < -0.39 is 29.6 Å².